The number of carbonyl (C=O) groups excluding carboxylic acids is 1. The van der Waals surface area contributed by atoms with Crippen molar-refractivity contribution < 1.29 is 9.90 Å². The van der Waals surface area contributed by atoms with Crippen molar-refractivity contribution in [2.45, 2.75) is 6.42 Å². The number of aliphatic hydroxyl groups excluding tert-OH is 1. The van der Waals surface area contributed by atoms with Crippen LogP contribution in [0.2, 0.25) is 5.02 Å². The van der Waals surface area contributed by atoms with E-state index in [9.17, 15) is 4.79 Å². The van der Waals surface area contributed by atoms with Crippen LogP contribution in [-0.2, 0) is 6.42 Å². The van der Waals surface area contributed by atoms with Crippen molar-refractivity contribution in [3.63, 3.8) is 0 Å². The van der Waals surface area contributed by atoms with Gasteiger partial charge in [-0.15, -0.1) is 0 Å². The summed E-state index contributed by atoms with van der Waals surface area (Å²) < 4.78 is 0. The fourth-order valence-corrected chi connectivity index (χ4v) is 2.39. The molecule has 2 aromatic carbocycles. The molecular weight excluding hydrogens is 314 g/mol. The van der Waals surface area contributed by atoms with Gasteiger partial charge in [-0.3, -0.25) is 4.79 Å². The number of rotatable bonds is 5. The van der Waals surface area contributed by atoms with Gasteiger partial charge in [0.15, 0.2) is 0 Å². The lowest BCUT2D eigenvalue weighted by atomic mass is 10.1. The maximum Gasteiger partial charge on any atom is 0.254 e. The predicted molar refractivity (Wildman–Crippen MR) is 94.4 cm³/mol. The van der Waals surface area contributed by atoms with Gasteiger partial charge in [0.05, 0.1) is 22.0 Å². The quantitative estimate of drug-likeness (QED) is 0.735. The molecule has 0 radical (unpaired) electrons. The van der Waals surface area contributed by atoms with Gasteiger partial charge in [0.1, 0.15) is 0 Å². The number of carbonyl (C=O) groups is 1. The lowest BCUT2D eigenvalue weighted by molar-refractivity contribution is 0.0828. The Balaban J connectivity index is 2.23. The molecular formula is C17H20ClN3O2. The van der Waals surface area contributed by atoms with Crippen molar-refractivity contribution in [1.29, 1.82) is 0 Å². The first-order valence-corrected chi connectivity index (χ1v) is 7.57. The fourth-order valence-electron chi connectivity index (χ4n) is 2.14. The standard InChI is InChI=1S/C17H20ClN3O2/c1-21(2)17(23)13-9-15(19)16(10-14(13)18)20-12-5-3-11(4-6-12)7-8-22/h3-6,9-10,20,22H,7-8,19H2,1-2H3. The number of amides is 1. The molecule has 0 heterocycles. The van der Waals surface area contributed by atoms with Crippen molar-refractivity contribution >= 4 is 34.6 Å². The van der Waals surface area contributed by atoms with Crippen LogP contribution in [0.25, 0.3) is 0 Å². The van der Waals surface area contributed by atoms with E-state index in [0.29, 0.717) is 28.4 Å². The number of nitrogens with two attached hydrogens (primary N) is 1. The molecule has 5 nitrogen and oxygen atoms in total. The topological polar surface area (TPSA) is 78.6 Å². The number of nitrogen functional groups attached to an aromatic ring is 1. The van der Waals surface area contributed by atoms with Crippen LogP contribution in [0.4, 0.5) is 17.1 Å². The third-order valence-corrected chi connectivity index (χ3v) is 3.72. The number of halogens is 1. The third-order valence-electron chi connectivity index (χ3n) is 3.41. The van der Waals surface area contributed by atoms with Crippen LogP contribution < -0.4 is 11.1 Å². The van der Waals surface area contributed by atoms with Gasteiger partial charge in [-0.25, -0.2) is 0 Å². The van der Waals surface area contributed by atoms with E-state index in [4.69, 9.17) is 22.4 Å². The summed E-state index contributed by atoms with van der Waals surface area (Å²) in [6, 6.07) is 10.9. The maximum atomic E-state index is 12.0. The molecule has 0 unspecified atom stereocenters. The number of nitrogens with one attached hydrogen (secondary N) is 1. The third kappa shape index (κ3) is 4.15. The van der Waals surface area contributed by atoms with Crippen molar-refractivity contribution in [2.75, 3.05) is 31.8 Å². The first-order valence-electron chi connectivity index (χ1n) is 7.20. The van der Waals surface area contributed by atoms with Crippen molar-refractivity contribution in [1.82, 2.24) is 4.90 Å². The number of aliphatic hydroxyl groups is 1. The van der Waals surface area contributed by atoms with Gasteiger partial charge in [-0.05, 0) is 36.2 Å². The Morgan fingerprint density at radius 2 is 1.91 bits per heavy atom. The lowest BCUT2D eigenvalue weighted by Crippen LogP contribution is -2.22. The Bertz CT molecular complexity index is 700. The van der Waals surface area contributed by atoms with Gasteiger partial charge in [0, 0.05) is 26.4 Å². The Kier molecular flexibility index (Phi) is 5.47. The molecule has 0 saturated heterocycles. The van der Waals surface area contributed by atoms with Crippen molar-refractivity contribution in [3.05, 3.63) is 52.5 Å². The van der Waals surface area contributed by atoms with E-state index in [1.165, 1.54) is 4.90 Å². The minimum Gasteiger partial charge on any atom is -0.397 e. The summed E-state index contributed by atoms with van der Waals surface area (Å²) in [4.78, 5) is 13.5. The van der Waals surface area contributed by atoms with Crippen LogP contribution in [0.1, 0.15) is 15.9 Å². The second-order valence-electron chi connectivity index (χ2n) is 5.41. The first kappa shape index (κ1) is 17.1. The number of nitrogens with zero attached hydrogens (tertiary/aromatic N) is 1. The molecule has 0 bridgehead atoms. The summed E-state index contributed by atoms with van der Waals surface area (Å²) >= 11 is 6.20. The highest BCUT2D eigenvalue weighted by atomic mass is 35.5. The molecule has 122 valence electrons. The van der Waals surface area contributed by atoms with E-state index >= 15 is 0 Å². The smallest absolute Gasteiger partial charge is 0.254 e. The Morgan fingerprint density at radius 3 is 2.48 bits per heavy atom. The summed E-state index contributed by atoms with van der Waals surface area (Å²) in [7, 11) is 3.32. The minimum absolute atomic E-state index is 0.122. The molecule has 0 saturated carbocycles. The van der Waals surface area contributed by atoms with E-state index < -0.39 is 0 Å². The monoisotopic (exact) mass is 333 g/mol. The molecule has 6 heteroatoms. The average molecular weight is 334 g/mol. The first-order chi connectivity index (χ1) is 10.9. The Hall–Kier alpha value is -2.24. The highest BCUT2D eigenvalue weighted by molar-refractivity contribution is 6.34. The zero-order valence-electron chi connectivity index (χ0n) is 13.1. The maximum absolute atomic E-state index is 12.0. The SMILES string of the molecule is CN(C)C(=O)c1cc(N)c(Nc2ccc(CCO)cc2)cc1Cl. The Labute approximate surface area is 140 Å². The molecule has 0 fully saturated rings. The normalized spacial score (nSPS) is 10.4. The largest absolute Gasteiger partial charge is 0.397 e. The van der Waals surface area contributed by atoms with Crippen LogP contribution in [0.15, 0.2) is 36.4 Å². The fraction of sp³-hybridized carbons (Fsp3) is 0.235. The molecule has 0 spiro atoms. The molecule has 0 aliphatic carbocycles. The molecule has 0 atom stereocenters. The van der Waals surface area contributed by atoms with E-state index in [1.807, 2.05) is 24.3 Å². The number of hydrogen-bond donors (Lipinski definition) is 3. The second-order valence-corrected chi connectivity index (χ2v) is 5.82. The molecule has 0 aliphatic rings. The van der Waals surface area contributed by atoms with E-state index in [1.54, 1.807) is 26.2 Å². The van der Waals surface area contributed by atoms with Crippen molar-refractivity contribution in [3.8, 4) is 0 Å². The molecule has 1 amide bonds. The second kappa shape index (κ2) is 7.35. The molecule has 0 aromatic heterocycles. The molecule has 0 aliphatic heterocycles. The Morgan fingerprint density at radius 1 is 1.26 bits per heavy atom. The predicted octanol–water partition coefficient (Wildman–Crippen LogP) is 2.90. The number of benzene rings is 2. The average Bonchev–Trinajstić information content (AvgIpc) is 2.52. The van der Waals surface area contributed by atoms with Crippen LogP contribution >= 0.6 is 11.6 Å². The minimum atomic E-state index is -0.193. The van der Waals surface area contributed by atoms with Gasteiger partial charge >= 0.3 is 0 Å². The number of hydrogen-bond acceptors (Lipinski definition) is 4. The molecule has 23 heavy (non-hydrogen) atoms. The van der Waals surface area contributed by atoms with Gasteiger partial charge in [-0.1, -0.05) is 23.7 Å². The van der Waals surface area contributed by atoms with E-state index in [-0.39, 0.29) is 12.5 Å². The molecule has 2 rings (SSSR count). The zero-order chi connectivity index (χ0) is 17.0. The van der Waals surface area contributed by atoms with Crippen LogP contribution in [0, 0.1) is 0 Å². The van der Waals surface area contributed by atoms with Gasteiger partial charge in [0.25, 0.3) is 5.91 Å². The van der Waals surface area contributed by atoms with E-state index in [2.05, 4.69) is 5.32 Å². The highest BCUT2D eigenvalue weighted by Crippen LogP contribution is 2.30. The van der Waals surface area contributed by atoms with Gasteiger partial charge in [-0.2, -0.15) is 0 Å². The molecule has 4 N–H and O–H groups in total. The zero-order valence-corrected chi connectivity index (χ0v) is 13.9. The van der Waals surface area contributed by atoms with Gasteiger partial charge < -0.3 is 21.1 Å². The van der Waals surface area contributed by atoms with E-state index in [0.717, 1.165) is 11.3 Å². The lowest BCUT2D eigenvalue weighted by Gasteiger charge is -2.15. The number of anilines is 3. The van der Waals surface area contributed by atoms with Crippen molar-refractivity contribution in [2.24, 2.45) is 0 Å². The summed E-state index contributed by atoms with van der Waals surface area (Å²) in [5.74, 6) is -0.193. The van der Waals surface area contributed by atoms with Crippen LogP contribution in [0.5, 0.6) is 0 Å². The summed E-state index contributed by atoms with van der Waals surface area (Å²) in [6.45, 7) is 0.122. The molecule has 2 aromatic rings. The summed E-state index contributed by atoms with van der Waals surface area (Å²) in [5.41, 5.74) is 9.38. The highest BCUT2D eigenvalue weighted by Gasteiger charge is 2.15. The van der Waals surface area contributed by atoms with Gasteiger partial charge in [0.2, 0.25) is 0 Å². The van der Waals surface area contributed by atoms with Crippen LogP contribution in [0.3, 0.4) is 0 Å². The van der Waals surface area contributed by atoms with Crippen LogP contribution in [-0.4, -0.2) is 36.6 Å². The summed E-state index contributed by atoms with van der Waals surface area (Å²) in [6.07, 6.45) is 0.621. The summed E-state index contributed by atoms with van der Waals surface area (Å²) in [5, 5.41) is 12.4.